The standard InChI is InChI=1S/C17H25N7O/c1-5-24-13(3)16(12(2)21-24)20-17(25)23-10-8-22(9-11-23)15-6-7-18-14(4)19-15/h6-7H,5,8-11H2,1-4H3,(H,20,25). The Morgan fingerprint density at radius 3 is 2.52 bits per heavy atom. The van der Waals surface area contributed by atoms with Crippen LogP contribution in [0, 0.1) is 20.8 Å². The maximum Gasteiger partial charge on any atom is 0.322 e. The molecule has 3 heterocycles. The highest BCUT2D eigenvalue weighted by Crippen LogP contribution is 2.20. The van der Waals surface area contributed by atoms with Crippen LogP contribution in [0.3, 0.4) is 0 Å². The monoisotopic (exact) mass is 343 g/mol. The molecule has 0 atom stereocenters. The van der Waals surface area contributed by atoms with Crippen molar-refractivity contribution < 1.29 is 4.79 Å². The van der Waals surface area contributed by atoms with Crippen LogP contribution in [0.15, 0.2) is 12.3 Å². The normalized spacial score (nSPS) is 14.7. The van der Waals surface area contributed by atoms with Gasteiger partial charge in [-0.3, -0.25) is 4.68 Å². The second-order valence-corrected chi connectivity index (χ2v) is 6.23. The van der Waals surface area contributed by atoms with E-state index in [-0.39, 0.29) is 6.03 Å². The fourth-order valence-corrected chi connectivity index (χ4v) is 3.13. The van der Waals surface area contributed by atoms with Crippen LogP contribution in [0.5, 0.6) is 0 Å². The zero-order chi connectivity index (χ0) is 18.0. The van der Waals surface area contributed by atoms with Gasteiger partial charge in [-0.25, -0.2) is 14.8 Å². The van der Waals surface area contributed by atoms with E-state index < -0.39 is 0 Å². The summed E-state index contributed by atoms with van der Waals surface area (Å²) >= 11 is 0. The summed E-state index contributed by atoms with van der Waals surface area (Å²) in [6, 6.07) is 1.84. The predicted octanol–water partition coefficient (Wildman–Crippen LogP) is 1.97. The Labute approximate surface area is 147 Å². The SMILES string of the molecule is CCn1nc(C)c(NC(=O)N2CCN(c3ccnc(C)n3)CC2)c1C. The van der Waals surface area contributed by atoms with Crippen LogP contribution in [0.1, 0.15) is 24.1 Å². The van der Waals surface area contributed by atoms with Gasteiger partial charge in [0, 0.05) is 38.9 Å². The van der Waals surface area contributed by atoms with Crippen LogP contribution in [0.4, 0.5) is 16.3 Å². The number of carbonyl (C=O) groups excluding carboxylic acids is 1. The first-order valence-electron chi connectivity index (χ1n) is 8.64. The van der Waals surface area contributed by atoms with Gasteiger partial charge in [0.05, 0.1) is 17.1 Å². The molecule has 2 aromatic rings. The summed E-state index contributed by atoms with van der Waals surface area (Å²) < 4.78 is 1.90. The van der Waals surface area contributed by atoms with Crippen molar-refractivity contribution in [2.75, 3.05) is 36.4 Å². The minimum Gasteiger partial charge on any atom is -0.353 e. The topological polar surface area (TPSA) is 79.2 Å². The molecule has 8 heteroatoms. The molecule has 0 unspecified atom stereocenters. The molecular weight excluding hydrogens is 318 g/mol. The minimum absolute atomic E-state index is 0.0691. The van der Waals surface area contributed by atoms with Crippen LogP contribution in [-0.2, 0) is 6.54 Å². The van der Waals surface area contributed by atoms with Gasteiger partial charge in [-0.2, -0.15) is 5.10 Å². The lowest BCUT2D eigenvalue weighted by Crippen LogP contribution is -2.50. The van der Waals surface area contributed by atoms with Gasteiger partial charge in [0.25, 0.3) is 0 Å². The summed E-state index contributed by atoms with van der Waals surface area (Å²) in [4.78, 5) is 25.2. The summed E-state index contributed by atoms with van der Waals surface area (Å²) in [5.74, 6) is 1.68. The lowest BCUT2D eigenvalue weighted by molar-refractivity contribution is 0.208. The number of carbonyl (C=O) groups is 1. The number of hydrogen-bond donors (Lipinski definition) is 1. The number of hydrogen-bond acceptors (Lipinski definition) is 5. The van der Waals surface area contributed by atoms with E-state index >= 15 is 0 Å². The van der Waals surface area contributed by atoms with Gasteiger partial charge in [0.2, 0.25) is 0 Å². The number of aryl methyl sites for hydroxylation is 3. The number of aromatic nitrogens is 4. The number of piperazine rings is 1. The fraction of sp³-hybridized carbons (Fsp3) is 0.529. The van der Waals surface area contributed by atoms with Gasteiger partial charge in [-0.15, -0.1) is 0 Å². The number of anilines is 2. The van der Waals surface area contributed by atoms with E-state index in [1.54, 1.807) is 6.20 Å². The van der Waals surface area contributed by atoms with E-state index in [1.165, 1.54) is 0 Å². The van der Waals surface area contributed by atoms with Crippen molar-refractivity contribution in [3.05, 3.63) is 29.5 Å². The zero-order valence-electron chi connectivity index (χ0n) is 15.3. The highest BCUT2D eigenvalue weighted by atomic mass is 16.2. The van der Waals surface area contributed by atoms with Crippen LogP contribution in [0.25, 0.3) is 0 Å². The Morgan fingerprint density at radius 1 is 1.20 bits per heavy atom. The Hall–Kier alpha value is -2.64. The molecule has 2 amide bonds. The van der Waals surface area contributed by atoms with Crippen molar-refractivity contribution in [3.8, 4) is 0 Å². The molecular formula is C17H25N7O. The predicted molar refractivity (Wildman–Crippen MR) is 96.9 cm³/mol. The molecule has 1 saturated heterocycles. The smallest absolute Gasteiger partial charge is 0.322 e. The maximum absolute atomic E-state index is 12.6. The van der Waals surface area contributed by atoms with Crippen LogP contribution in [0.2, 0.25) is 0 Å². The molecule has 134 valence electrons. The molecule has 0 spiro atoms. The quantitative estimate of drug-likeness (QED) is 0.922. The molecule has 8 nitrogen and oxygen atoms in total. The fourth-order valence-electron chi connectivity index (χ4n) is 3.13. The van der Waals surface area contributed by atoms with Crippen LogP contribution in [-0.4, -0.2) is 56.9 Å². The Kier molecular flexibility index (Phi) is 4.87. The van der Waals surface area contributed by atoms with E-state index in [0.717, 1.165) is 48.4 Å². The maximum atomic E-state index is 12.6. The minimum atomic E-state index is -0.0691. The molecule has 1 aliphatic heterocycles. The first-order chi connectivity index (χ1) is 12.0. The van der Waals surface area contributed by atoms with Gasteiger partial charge in [0.1, 0.15) is 11.6 Å². The molecule has 1 fully saturated rings. The summed E-state index contributed by atoms with van der Waals surface area (Å²) in [5.41, 5.74) is 2.66. The molecule has 0 aromatic carbocycles. The Balaban J connectivity index is 1.61. The van der Waals surface area contributed by atoms with Crippen LogP contribution >= 0.6 is 0 Å². The van der Waals surface area contributed by atoms with E-state index in [9.17, 15) is 4.79 Å². The van der Waals surface area contributed by atoms with E-state index in [4.69, 9.17) is 0 Å². The van der Waals surface area contributed by atoms with Crippen molar-refractivity contribution in [3.63, 3.8) is 0 Å². The first kappa shape index (κ1) is 17.2. The third-order valence-corrected chi connectivity index (χ3v) is 4.57. The number of nitrogens with zero attached hydrogens (tertiary/aromatic N) is 6. The second kappa shape index (κ2) is 7.08. The highest BCUT2D eigenvalue weighted by molar-refractivity contribution is 5.90. The summed E-state index contributed by atoms with van der Waals surface area (Å²) in [6.07, 6.45) is 1.77. The summed E-state index contributed by atoms with van der Waals surface area (Å²) in [7, 11) is 0. The summed E-state index contributed by atoms with van der Waals surface area (Å²) in [6.45, 7) is 11.5. The molecule has 0 aliphatic carbocycles. The number of urea groups is 1. The van der Waals surface area contributed by atoms with Crippen molar-refractivity contribution >= 4 is 17.5 Å². The third kappa shape index (κ3) is 3.57. The van der Waals surface area contributed by atoms with Gasteiger partial charge >= 0.3 is 6.03 Å². The highest BCUT2D eigenvalue weighted by Gasteiger charge is 2.23. The first-order valence-corrected chi connectivity index (χ1v) is 8.64. The second-order valence-electron chi connectivity index (χ2n) is 6.23. The van der Waals surface area contributed by atoms with E-state index in [2.05, 4.69) is 25.3 Å². The van der Waals surface area contributed by atoms with E-state index in [0.29, 0.717) is 13.1 Å². The van der Waals surface area contributed by atoms with Gasteiger partial charge in [-0.05, 0) is 33.8 Å². The average Bonchev–Trinajstić information content (AvgIpc) is 2.89. The van der Waals surface area contributed by atoms with E-state index in [1.807, 2.05) is 43.3 Å². The Bertz CT molecular complexity index is 762. The lowest BCUT2D eigenvalue weighted by Gasteiger charge is -2.35. The molecule has 2 aromatic heterocycles. The molecule has 0 bridgehead atoms. The van der Waals surface area contributed by atoms with Gasteiger partial charge in [0.15, 0.2) is 0 Å². The molecule has 1 aliphatic rings. The number of amides is 2. The zero-order valence-corrected chi connectivity index (χ0v) is 15.3. The van der Waals surface area contributed by atoms with Gasteiger partial charge < -0.3 is 15.1 Å². The molecule has 0 saturated carbocycles. The average molecular weight is 343 g/mol. The molecule has 0 radical (unpaired) electrons. The van der Waals surface area contributed by atoms with Gasteiger partial charge in [-0.1, -0.05) is 0 Å². The number of nitrogens with one attached hydrogen (secondary N) is 1. The summed E-state index contributed by atoms with van der Waals surface area (Å²) in [5, 5.41) is 7.47. The Morgan fingerprint density at radius 2 is 1.92 bits per heavy atom. The largest absolute Gasteiger partial charge is 0.353 e. The lowest BCUT2D eigenvalue weighted by atomic mass is 10.3. The number of rotatable bonds is 3. The molecule has 3 rings (SSSR count). The van der Waals surface area contributed by atoms with Crippen molar-refractivity contribution in [2.24, 2.45) is 0 Å². The van der Waals surface area contributed by atoms with Crippen LogP contribution < -0.4 is 10.2 Å². The van der Waals surface area contributed by atoms with Crippen molar-refractivity contribution in [1.29, 1.82) is 0 Å². The third-order valence-electron chi connectivity index (χ3n) is 4.57. The van der Waals surface area contributed by atoms with Crippen molar-refractivity contribution in [2.45, 2.75) is 34.2 Å². The molecule has 25 heavy (non-hydrogen) atoms. The molecule has 1 N–H and O–H groups in total. The van der Waals surface area contributed by atoms with Crippen molar-refractivity contribution in [1.82, 2.24) is 24.6 Å².